The van der Waals surface area contributed by atoms with E-state index < -0.39 is 10.0 Å². The molecule has 0 bridgehead atoms. The Labute approximate surface area is 121 Å². The molecule has 0 aliphatic carbocycles. The molecule has 1 aliphatic heterocycles. The minimum absolute atomic E-state index is 0.123. The van der Waals surface area contributed by atoms with Crippen molar-refractivity contribution in [2.24, 2.45) is 17.6 Å². The van der Waals surface area contributed by atoms with Crippen molar-refractivity contribution in [1.29, 1.82) is 0 Å². The summed E-state index contributed by atoms with van der Waals surface area (Å²) in [7, 11) is -3.45. The van der Waals surface area contributed by atoms with Gasteiger partial charge in [0.15, 0.2) is 5.03 Å². The van der Waals surface area contributed by atoms with Gasteiger partial charge < -0.3 is 5.73 Å². The second-order valence-electron chi connectivity index (χ2n) is 5.69. The number of piperidine rings is 1. The number of sulfonamides is 1. The van der Waals surface area contributed by atoms with Crippen LogP contribution in [0.15, 0.2) is 23.4 Å². The quantitative estimate of drug-likeness (QED) is 0.915. The first-order chi connectivity index (χ1) is 9.45. The highest BCUT2D eigenvalue weighted by Crippen LogP contribution is 2.27. The molecule has 20 heavy (non-hydrogen) atoms. The second kappa shape index (κ2) is 6.20. The average molecular weight is 297 g/mol. The highest BCUT2D eigenvalue weighted by molar-refractivity contribution is 7.89. The lowest BCUT2D eigenvalue weighted by molar-refractivity contribution is 0.226. The Kier molecular flexibility index (Phi) is 4.78. The standard InChI is InChI=1S/C14H23N3O2S/c1-11(2)13-5-7-17(8-6-13)20(18,19)14-4-3-12(9-15)10-16-14/h3-4,10-11,13H,5-9,15H2,1-2H3. The normalized spacial score (nSPS) is 18.6. The first-order valence-electron chi connectivity index (χ1n) is 7.10. The van der Waals surface area contributed by atoms with Crippen LogP contribution < -0.4 is 5.73 Å². The first-order valence-corrected chi connectivity index (χ1v) is 8.54. The summed E-state index contributed by atoms with van der Waals surface area (Å²) in [6.07, 6.45) is 3.39. The lowest BCUT2D eigenvalue weighted by Crippen LogP contribution is -2.39. The average Bonchev–Trinajstić information content (AvgIpc) is 2.47. The molecular weight excluding hydrogens is 274 g/mol. The highest BCUT2D eigenvalue weighted by Gasteiger charge is 2.31. The minimum Gasteiger partial charge on any atom is -0.326 e. The van der Waals surface area contributed by atoms with Crippen LogP contribution >= 0.6 is 0 Å². The number of pyridine rings is 1. The van der Waals surface area contributed by atoms with Crippen LogP contribution in [0, 0.1) is 11.8 Å². The number of hydrogen-bond acceptors (Lipinski definition) is 4. The summed E-state index contributed by atoms with van der Waals surface area (Å²) in [6.45, 7) is 5.94. The van der Waals surface area contributed by atoms with Gasteiger partial charge >= 0.3 is 0 Å². The fourth-order valence-corrected chi connectivity index (χ4v) is 3.98. The summed E-state index contributed by atoms with van der Waals surface area (Å²) in [5.41, 5.74) is 6.33. The molecule has 0 unspecified atom stereocenters. The van der Waals surface area contributed by atoms with E-state index in [1.807, 2.05) is 0 Å². The topological polar surface area (TPSA) is 76.3 Å². The Morgan fingerprint density at radius 2 is 2.00 bits per heavy atom. The van der Waals surface area contributed by atoms with Crippen molar-refractivity contribution in [3.8, 4) is 0 Å². The molecule has 112 valence electrons. The molecule has 1 fully saturated rings. The molecule has 0 aromatic carbocycles. The van der Waals surface area contributed by atoms with Crippen LogP contribution in [0.3, 0.4) is 0 Å². The smallest absolute Gasteiger partial charge is 0.260 e. The summed E-state index contributed by atoms with van der Waals surface area (Å²) < 4.78 is 26.5. The molecule has 6 heteroatoms. The van der Waals surface area contributed by atoms with Gasteiger partial charge in [0, 0.05) is 25.8 Å². The number of aromatic nitrogens is 1. The predicted octanol–water partition coefficient (Wildman–Crippen LogP) is 1.60. The van der Waals surface area contributed by atoms with Crippen molar-refractivity contribution >= 4 is 10.0 Å². The summed E-state index contributed by atoms with van der Waals surface area (Å²) in [5.74, 6) is 1.23. The molecule has 2 rings (SSSR count). The van der Waals surface area contributed by atoms with E-state index in [-0.39, 0.29) is 5.03 Å². The zero-order valence-corrected chi connectivity index (χ0v) is 12.9. The Morgan fingerprint density at radius 1 is 1.35 bits per heavy atom. The summed E-state index contributed by atoms with van der Waals surface area (Å²) >= 11 is 0. The van der Waals surface area contributed by atoms with Crippen LogP contribution in [0.5, 0.6) is 0 Å². The monoisotopic (exact) mass is 297 g/mol. The number of hydrogen-bond donors (Lipinski definition) is 1. The van der Waals surface area contributed by atoms with Gasteiger partial charge in [0.1, 0.15) is 0 Å². The van der Waals surface area contributed by atoms with Crippen molar-refractivity contribution in [2.45, 2.75) is 38.3 Å². The van der Waals surface area contributed by atoms with Gasteiger partial charge in [-0.2, -0.15) is 4.31 Å². The molecule has 1 aromatic heterocycles. The SMILES string of the molecule is CC(C)C1CCN(S(=O)(=O)c2ccc(CN)cn2)CC1. The van der Waals surface area contributed by atoms with E-state index >= 15 is 0 Å². The first kappa shape index (κ1) is 15.4. The van der Waals surface area contributed by atoms with Crippen molar-refractivity contribution in [1.82, 2.24) is 9.29 Å². The van der Waals surface area contributed by atoms with E-state index in [0.29, 0.717) is 31.5 Å². The van der Waals surface area contributed by atoms with Gasteiger partial charge in [0.2, 0.25) is 0 Å². The van der Waals surface area contributed by atoms with E-state index in [1.165, 1.54) is 6.20 Å². The van der Waals surface area contributed by atoms with Gasteiger partial charge in [-0.3, -0.25) is 0 Å². The Balaban J connectivity index is 2.11. The number of nitrogens with two attached hydrogens (primary N) is 1. The predicted molar refractivity (Wildman–Crippen MR) is 78.4 cm³/mol. The molecule has 0 amide bonds. The Morgan fingerprint density at radius 3 is 2.45 bits per heavy atom. The summed E-state index contributed by atoms with van der Waals surface area (Å²) in [6, 6.07) is 3.27. The molecule has 2 N–H and O–H groups in total. The maximum Gasteiger partial charge on any atom is 0.260 e. The molecular formula is C14H23N3O2S. The molecule has 2 heterocycles. The van der Waals surface area contributed by atoms with Crippen molar-refractivity contribution < 1.29 is 8.42 Å². The Bertz CT molecular complexity index is 532. The maximum absolute atomic E-state index is 12.5. The molecule has 1 saturated heterocycles. The maximum atomic E-state index is 12.5. The second-order valence-corrected chi connectivity index (χ2v) is 7.58. The van der Waals surface area contributed by atoms with Gasteiger partial charge in [0.05, 0.1) is 0 Å². The van der Waals surface area contributed by atoms with Crippen LogP contribution in [0.2, 0.25) is 0 Å². The van der Waals surface area contributed by atoms with Gasteiger partial charge in [-0.25, -0.2) is 13.4 Å². The molecule has 5 nitrogen and oxygen atoms in total. The third kappa shape index (κ3) is 3.19. The largest absolute Gasteiger partial charge is 0.326 e. The van der Waals surface area contributed by atoms with E-state index in [2.05, 4.69) is 18.8 Å². The Hall–Kier alpha value is -0.980. The van der Waals surface area contributed by atoms with Crippen molar-refractivity contribution in [3.05, 3.63) is 23.9 Å². The zero-order valence-electron chi connectivity index (χ0n) is 12.1. The van der Waals surface area contributed by atoms with E-state index in [1.54, 1.807) is 16.4 Å². The van der Waals surface area contributed by atoms with E-state index in [0.717, 1.165) is 18.4 Å². The molecule has 1 aliphatic rings. The zero-order chi connectivity index (χ0) is 14.8. The van der Waals surface area contributed by atoms with Crippen LogP contribution in [0.25, 0.3) is 0 Å². The third-order valence-corrected chi connectivity index (χ3v) is 5.89. The lowest BCUT2D eigenvalue weighted by Gasteiger charge is -2.32. The number of rotatable bonds is 4. The van der Waals surface area contributed by atoms with Gasteiger partial charge in [0.25, 0.3) is 10.0 Å². The number of nitrogens with zero attached hydrogens (tertiary/aromatic N) is 2. The van der Waals surface area contributed by atoms with Crippen LogP contribution in [0.1, 0.15) is 32.3 Å². The molecule has 0 atom stereocenters. The molecule has 0 radical (unpaired) electrons. The van der Waals surface area contributed by atoms with Crippen LogP contribution in [-0.4, -0.2) is 30.8 Å². The van der Waals surface area contributed by atoms with Gasteiger partial charge in [-0.1, -0.05) is 19.9 Å². The van der Waals surface area contributed by atoms with Gasteiger partial charge in [-0.05, 0) is 36.3 Å². The fourth-order valence-electron chi connectivity index (χ4n) is 2.60. The third-order valence-electron chi connectivity index (χ3n) is 4.08. The minimum atomic E-state index is -3.45. The molecule has 0 saturated carbocycles. The summed E-state index contributed by atoms with van der Waals surface area (Å²) in [4.78, 5) is 4.04. The fraction of sp³-hybridized carbons (Fsp3) is 0.643. The van der Waals surface area contributed by atoms with Crippen molar-refractivity contribution in [3.63, 3.8) is 0 Å². The van der Waals surface area contributed by atoms with Gasteiger partial charge in [-0.15, -0.1) is 0 Å². The highest BCUT2D eigenvalue weighted by atomic mass is 32.2. The molecule has 0 spiro atoms. The lowest BCUT2D eigenvalue weighted by atomic mass is 9.87. The molecule has 1 aromatic rings. The van der Waals surface area contributed by atoms with Crippen molar-refractivity contribution in [2.75, 3.05) is 13.1 Å². The van der Waals surface area contributed by atoms with E-state index in [9.17, 15) is 8.42 Å². The summed E-state index contributed by atoms with van der Waals surface area (Å²) in [5, 5.41) is 0.123. The van der Waals surface area contributed by atoms with Crippen LogP contribution in [0.4, 0.5) is 0 Å². The van der Waals surface area contributed by atoms with E-state index in [4.69, 9.17) is 5.73 Å². The van der Waals surface area contributed by atoms with Crippen LogP contribution in [-0.2, 0) is 16.6 Å².